The molecule has 0 aliphatic rings. The highest BCUT2D eigenvalue weighted by atomic mass is 79.9. The van der Waals surface area contributed by atoms with Crippen molar-refractivity contribution in [1.29, 1.82) is 0 Å². The minimum atomic E-state index is -1.43. The van der Waals surface area contributed by atoms with Crippen LogP contribution in [0.25, 0.3) is 0 Å². The van der Waals surface area contributed by atoms with E-state index in [0.717, 1.165) is 23.3 Å². The van der Waals surface area contributed by atoms with Crippen LogP contribution in [0.5, 0.6) is 0 Å². The second kappa shape index (κ2) is 5.78. The fraction of sp³-hybridized carbons (Fsp3) is 0.200. The lowest BCUT2D eigenvalue weighted by atomic mass is 10.0. The summed E-state index contributed by atoms with van der Waals surface area (Å²) in [5, 5.41) is 0. The van der Waals surface area contributed by atoms with Crippen molar-refractivity contribution in [3.8, 4) is 0 Å². The molecule has 2 rings (SSSR count). The quantitative estimate of drug-likeness (QED) is 0.543. The number of aryl methyl sites for hydroxylation is 1. The van der Waals surface area contributed by atoms with Crippen molar-refractivity contribution < 1.29 is 13.2 Å². The Morgan fingerprint density at radius 3 is 2.05 bits per heavy atom. The molecule has 0 N–H and O–H groups in total. The van der Waals surface area contributed by atoms with Crippen LogP contribution in [-0.2, 0) is 6.42 Å². The van der Waals surface area contributed by atoms with Crippen LogP contribution in [0.4, 0.5) is 13.2 Å². The van der Waals surface area contributed by atoms with Gasteiger partial charge in [-0.1, -0.05) is 45.8 Å². The molecule has 4 heteroatoms. The van der Waals surface area contributed by atoms with Crippen LogP contribution in [0.15, 0.2) is 36.4 Å². The van der Waals surface area contributed by atoms with Gasteiger partial charge in [-0.3, -0.25) is 0 Å². The third kappa shape index (κ3) is 3.38. The normalized spacial score (nSPS) is 12.5. The first-order valence-corrected chi connectivity index (χ1v) is 6.73. The maximum atomic E-state index is 13.2. The van der Waals surface area contributed by atoms with Gasteiger partial charge in [0.1, 0.15) is 0 Å². The van der Waals surface area contributed by atoms with Crippen molar-refractivity contribution in [2.24, 2.45) is 0 Å². The molecule has 0 bridgehead atoms. The van der Waals surface area contributed by atoms with E-state index < -0.39 is 17.5 Å². The summed E-state index contributed by atoms with van der Waals surface area (Å²) in [5.41, 5.74) is 2.57. The highest BCUT2D eigenvalue weighted by Gasteiger charge is 2.15. The standard InChI is InChI=1S/C15H12BrF3/c1-9-2-4-10(5-3-9)6-12(16)11-7-13(17)15(19)14(18)8-11/h2-5,7-8,12H,6H2,1H3. The number of hydrogen-bond donors (Lipinski definition) is 0. The Morgan fingerprint density at radius 1 is 1.00 bits per heavy atom. The third-order valence-electron chi connectivity index (χ3n) is 2.90. The van der Waals surface area contributed by atoms with Crippen LogP contribution in [-0.4, -0.2) is 0 Å². The highest BCUT2D eigenvalue weighted by molar-refractivity contribution is 9.09. The Balaban J connectivity index is 2.20. The average molecular weight is 329 g/mol. The van der Waals surface area contributed by atoms with Gasteiger partial charge in [-0.2, -0.15) is 0 Å². The van der Waals surface area contributed by atoms with Crippen LogP contribution in [0.2, 0.25) is 0 Å². The van der Waals surface area contributed by atoms with Crippen molar-refractivity contribution >= 4 is 15.9 Å². The van der Waals surface area contributed by atoms with Gasteiger partial charge in [-0.15, -0.1) is 0 Å². The zero-order valence-corrected chi connectivity index (χ0v) is 11.8. The van der Waals surface area contributed by atoms with Gasteiger partial charge in [-0.05, 0) is 36.6 Å². The van der Waals surface area contributed by atoms with Gasteiger partial charge in [0.2, 0.25) is 0 Å². The van der Waals surface area contributed by atoms with E-state index in [4.69, 9.17) is 0 Å². The highest BCUT2D eigenvalue weighted by Crippen LogP contribution is 2.29. The number of rotatable bonds is 3. The molecule has 0 radical (unpaired) electrons. The lowest BCUT2D eigenvalue weighted by Crippen LogP contribution is -2.00. The topological polar surface area (TPSA) is 0 Å². The largest absolute Gasteiger partial charge is 0.204 e. The van der Waals surface area contributed by atoms with Gasteiger partial charge >= 0.3 is 0 Å². The van der Waals surface area contributed by atoms with Crippen molar-refractivity contribution in [3.63, 3.8) is 0 Å². The minimum absolute atomic E-state index is 0.264. The molecule has 0 fully saturated rings. The van der Waals surface area contributed by atoms with Gasteiger partial charge in [-0.25, -0.2) is 13.2 Å². The van der Waals surface area contributed by atoms with E-state index in [-0.39, 0.29) is 4.83 Å². The molecule has 0 aliphatic carbocycles. The molecule has 0 nitrogen and oxygen atoms in total. The molecule has 0 heterocycles. The summed E-state index contributed by atoms with van der Waals surface area (Å²) in [6, 6.07) is 9.90. The van der Waals surface area contributed by atoms with E-state index in [1.807, 2.05) is 31.2 Å². The van der Waals surface area contributed by atoms with Gasteiger partial charge in [0, 0.05) is 4.83 Å². The van der Waals surface area contributed by atoms with Gasteiger partial charge in [0.05, 0.1) is 0 Å². The van der Waals surface area contributed by atoms with Gasteiger partial charge in [0.25, 0.3) is 0 Å². The molecule has 1 unspecified atom stereocenters. The smallest absolute Gasteiger partial charge is 0.194 e. The molecule has 0 saturated heterocycles. The van der Waals surface area contributed by atoms with E-state index in [1.54, 1.807) is 0 Å². The molecule has 0 spiro atoms. The van der Waals surface area contributed by atoms with Crippen molar-refractivity contribution in [3.05, 3.63) is 70.5 Å². The molecule has 2 aromatic carbocycles. The van der Waals surface area contributed by atoms with E-state index >= 15 is 0 Å². The summed E-state index contributed by atoms with van der Waals surface area (Å²) >= 11 is 3.38. The summed E-state index contributed by atoms with van der Waals surface area (Å²) in [6.45, 7) is 1.99. The van der Waals surface area contributed by atoms with E-state index in [9.17, 15) is 13.2 Å². The van der Waals surface area contributed by atoms with E-state index in [0.29, 0.717) is 12.0 Å². The van der Waals surface area contributed by atoms with Gasteiger partial charge in [0.15, 0.2) is 17.5 Å². The average Bonchev–Trinajstić information content (AvgIpc) is 2.38. The molecule has 100 valence electrons. The minimum Gasteiger partial charge on any atom is -0.204 e. The van der Waals surface area contributed by atoms with Crippen LogP contribution in [0.1, 0.15) is 21.5 Å². The number of halogens is 4. The Morgan fingerprint density at radius 2 is 1.53 bits per heavy atom. The van der Waals surface area contributed by atoms with E-state index in [2.05, 4.69) is 15.9 Å². The van der Waals surface area contributed by atoms with E-state index in [1.165, 1.54) is 0 Å². The van der Waals surface area contributed by atoms with Crippen molar-refractivity contribution in [2.75, 3.05) is 0 Å². The molecule has 1 atom stereocenters. The number of alkyl halides is 1. The maximum Gasteiger partial charge on any atom is 0.194 e. The van der Waals surface area contributed by atoms with Crippen LogP contribution >= 0.6 is 15.9 Å². The van der Waals surface area contributed by atoms with Crippen LogP contribution in [0.3, 0.4) is 0 Å². The second-order valence-electron chi connectivity index (χ2n) is 4.46. The number of benzene rings is 2. The van der Waals surface area contributed by atoms with Crippen LogP contribution in [0, 0.1) is 24.4 Å². The fourth-order valence-electron chi connectivity index (χ4n) is 1.80. The molecular formula is C15H12BrF3. The molecule has 0 amide bonds. The summed E-state index contributed by atoms with van der Waals surface area (Å²) in [6.07, 6.45) is 0.574. The fourth-order valence-corrected chi connectivity index (χ4v) is 2.44. The summed E-state index contributed by atoms with van der Waals surface area (Å²) in [7, 11) is 0. The second-order valence-corrected chi connectivity index (χ2v) is 5.56. The Labute approximate surface area is 118 Å². The summed E-state index contributed by atoms with van der Waals surface area (Å²) in [5.74, 6) is -3.76. The Kier molecular flexibility index (Phi) is 4.30. The summed E-state index contributed by atoms with van der Waals surface area (Å²) in [4.78, 5) is -0.264. The monoisotopic (exact) mass is 328 g/mol. The predicted octanol–water partition coefficient (Wildman–Crippen LogP) is 5.09. The molecule has 19 heavy (non-hydrogen) atoms. The first kappa shape index (κ1) is 14.1. The Bertz CT molecular complexity index is 555. The Hall–Kier alpha value is -1.29. The molecule has 2 aromatic rings. The number of hydrogen-bond acceptors (Lipinski definition) is 0. The van der Waals surface area contributed by atoms with Crippen molar-refractivity contribution in [1.82, 2.24) is 0 Å². The predicted molar refractivity (Wildman–Crippen MR) is 72.9 cm³/mol. The first-order chi connectivity index (χ1) is 8.97. The van der Waals surface area contributed by atoms with Crippen LogP contribution < -0.4 is 0 Å². The molecule has 0 aliphatic heterocycles. The zero-order chi connectivity index (χ0) is 14.0. The molecule has 0 aromatic heterocycles. The van der Waals surface area contributed by atoms with Gasteiger partial charge < -0.3 is 0 Å². The summed E-state index contributed by atoms with van der Waals surface area (Å²) < 4.78 is 39.2. The SMILES string of the molecule is Cc1ccc(CC(Br)c2cc(F)c(F)c(F)c2)cc1. The maximum absolute atomic E-state index is 13.2. The molecular weight excluding hydrogens is 317 g/mol. The first-order valence-electron chi connectivity index (χ1n) is 5.81. The third-order valence-corrected chi connectivity index (χ3v) is 3.76. The zero-order valence-electron chi connectivity index (χ0n) is 10.3. The molecule has 0 saturated carbocycles. The van der Waals surface area contributed by atoms with Crippen molar-refractivity contribution in [2.45, 2.75) is 18.2 Å². The lowest BCUT2D eigenvalue weighted by Gasteiger charge is -2.11. The lowest BCUT2D eigenvalue weighted by molar-refractivity contribution is 0.445.